The largest absolute Gasteiger partial charge is 0.495 e. The van der Waals surface area contributed by atoms with E-state index in [2.05, 4.69) is 5.32 Å². The standard InChI is InChI=1S/C19H23ClN2O5/c1-26-16-7-6-13(9-15(16)20)21-17(23)11-27-19(25)12-8-18(24)22(10-12)14-4-2-3-5-14/h6-7,9,12,14H,2-5,8,10-11H2,1H3,(H,21,23)/t12-/m0/s1. The van der Waals surface area contributed by atoms with Gasteiger partial charge in [-0.3, -0.25) is 14.4 Å². The minimum Gasteiger partial charge on any atom is -0.495 e. The van der Waals surface area contributed by atoms with Crippen LogP contribution in [0, 0.1) is 5.92 Å². The number of halogens is 1. The van der Waals surface area contributed by atoms with E-state index in [1.807, 2.05) is 0 Å². The summed E-state index contributed by atoms with van der Waals surface area (Å²) in [6, 6.07) is 5.07. The van der Waals surface area contributed by atoms with Gasteiger partial charge < -0.3 is 19.7 Å². The highest BCUT2D eigenvalue weighted by Gasteiger charge is 2.39. The molecule has 1 aliphatic carbocycles. The lowest BCUT2D eigenvalue weighted by atomic mass is 10.1. The van der Waals surface area contributed by atoms with Gasteiger partial charge in [-0.2, -0.15) is 0 Å². The van der Waals surface area contributed by atoms with Crippen LogP contribution in [0.4, 0.5) is 5.69 Å². The number of carbonyl (C=O) groups excluding carboxylic acids is 3. The summed E-state index contributed by atoms with van der Waals surface area (Å²) in [5.41, 5.74) is 0.477. The second kappa shape index (κ2) is 8.61. The lowest BCUT2D eigenvalue weighted by molar-refractivity contribution is -0.151. The van der Waals surface area contributed by atoms with Crippen molar-refractivity contribution in [1.82, 2.24) is 4.90 Å². The maximum absolute atomic E-state index is 12.2. The van der Waals surface area contributed by atoms with Gasteiger partial charge in [-0.1, -0.05) is 24.4 Å². The van der Waals surface area contributed by atoms with Crippen LogP contribution >= 0.6 is 11.6 Å². The summed E-state index contributed by atoms with van der Waals surface area (Å²) in [5, 5.41) is 2.97. The summed E-state index contributed by atoms with van der Waals surface area (Å²) in [6.07, 6.45) is 4.41. The van der Waals surface area contributed by atoms with E-state index in [-0.39, 0.29) is 18.4 Å². The van der Waals surface area contributed by atoms with Crippen LogP contribution in [0.15, 0.2) is 18.2 Å². The fourth-order valence-electron chi connectivity index (χ4n) is 3.65. The minimum absolute atomic E-state index is 0.00109. The zero-order chi connectivity index (χ0) is 19.4. The van der Waals surface area contributed by atoms with E-state index >= 15 is 0 Å². The van der Waals surface area contributed by atoms with Crippen LogP contribution in [0.3, 0.4) is 0 Å². The molecule has 0 aromatic heterocycles. The number of benzene rings is 1. The SMILES string of the molecule is COc1ccc(NC(=O)COC(=O)[C@H]2CC(=O)N(C3CCCC3)C2)cc1Cl. The van der Waals surface area contributed by atoms with Gasteiger partial charge in [0.25, 0.3) is 5.91 Å². The summed E-state index contributed by atoms with van der Waals surface area (Å²) in [7, 11) is 1.50. The number of anilines is 1. The Morgan fingerprint density at radius 1 is 1.30 bits per heavy atom. The van der Waals surface area contributed by atoms with Crippen molar-refractivity contribution >= 4 is 35.1 Å². The molecular weight excluding hydrogens is 372 g/mol. The maximum atomic E-state index is 12.2. The van der Waals surface area contributed by atoms with Crippen molar-refractivity contribution in [3.63, 3.8) is 0 Å². The molecule has 1 saturated heterocycles. The third-order valence-electron chi connectivity index (χ3n) is 5.04. The number of ether oxygens (including phenoxy) is 2. The number of nitrogens with one attached hydrogen (secondary N) is 1. The Balaban J connectivity index is 1.46. The second-order valence-electron chi connectivity index (χ2n) is 6.89. The fraction of sp³-hybridized carbons (Fsp3) is 0.526. The number of amides is 2. The first-order chi connectivity index (χ1) is 13.0. The van der Waals surface area contributed by atoms with Crippen molar-refractivity contribution in [2.75, 3.05) is 25.6 Å². The molecule has 0 unspecified atom stereocenters. The van der Waals surface area contributed by atoms with Crippen molar-refractivity contribution in [3.8, 4) is 5.75 Å². The lowest BCUT2D eigenvalue weighted by Gasteiger charge is -2.23. The monoisotopic (exact) mass is 394 g/mol. The number of hydrogen-bond donors (Lipinski definition) is 1. The van der Waals surface area contributed by atoms with E-state index in [1.54, 1.807) is 23.1 Å². The quantitative estimate of drug-likeness (QED) is 0.750. The minimum atomic E-state index is -0.508. The Morgan fingerprint density at radius 2 is 2.04 bits per heavy atom. The summed E-state index contributed by atoms with van der Waals surface area (Å²) < 4.78 is 10.2. The molecule has 1 N–H and O–H groups in total. The molecule has 2 fully saturated rings. The molecule has 3 rings (SSSR count). The molecule has 1 saturated carbocycles. The maximum Gasteiger partial charge on any atom is 0.311 e. The first kappa shape index (κ1) is 19.5. The van der Waals surface area contributed by atoms with Crippen LogP contribution in [0.25, 0.3) is 0 Å². The van der Waals surface area contributed by atoms with E-state index in [1.165, 1.54) is 7.11 Å². The molecular formula is C19H23ClN2O5. The first-order valence-electron chi connectivity index (χ1n) is 9.07. The van der Waals surface area contributed by atoms with Crippen LogP contribution in [0.5, 0.6) is 5.75 Å². The molecule has 8 heteroatoms. The molecule has 2 aliphatic rings. The van der Waals surface area contributed by atoms with Crippen molar-refractivity contribution in [3.05, 3.63) is 23.2 Å². The highest BCUT2D eigenvalue weighted by molar-refractivity contribution is 6.32. The number of hydrogen-bond acceptors (Lipinski definition) is 5. The van der Waals surface area contributed by atoms with Gasteiger partial charge in [0.2, 0.25) is 5.91 Å². The predicted molar refractivity (Wildman–Crippen MR) is 99.7 cm³/mol. The van der Waals surface area contributed by atoms with Crippen LogP contribution in [0.2, 0.25) is 5.02 Å². The van der Waals surface area contributed by atoms with Gasteiger partial charge in [-0.05, 0) is 31.0 Å². The Labute approximate surface area is 162 Å². The van der Waals surface area contributed by atoms with Gasteiger partial charge in [0, 0.05) is 24.7 Å². The fourth-order valence-corrected chi connectivity index (χ4v) is 3.91. The van der Waals surface area contributed by atoms with E-state index in [4.69, 9.17) is 21.1 Å². The number of nitrogens with zero attached hydrogens (tertiary/aromatic N) is 1. The molecule has 1 heterocycles. The Morgan fingerprint density at radius 3 is 2.70 bits per heavy atom. The van der Waals surface area contributed by atoms with Crippen LogP contribution < -0.4 is 10.1 Å². The molecule has 2 amide bonds. The molecule has 27 heavy (non-hydrogen) atoms. The summed E-state index contributed by atoms with van der Waals surface area (Å²) in [4.78, 5) is 38.2. The van der Waals surface area contributed by atoms with Gasteiger partial charge in [-0.15, -0.1) is 0 Å². The number of likely N-dealkylation sites (tertiary alicyclic amines) is 1. The number of methoxy groups -OCH3 is 1. The first-order valence-corrected chi connectivity index (χ1v) is 9.45. The third-order valence-corrected chi connectivity index (χ3v) is 5.33. The highest BCUT2D eigenvalue weighted by atomic mass is 35.5. The average Bonchev–Trinajstić information content (AvgIpc) is 3.29. The molecule has 0 bridgehead atoms. The molecule has 0 radical (unpaired) electrons. The van der Waals surface area contributed by atoms with E-state index < -0.39 is 24.4 Å². The Hall–Kier alpha value is -2.28. The normalized spacial score (nSPS) is 20.0. The molecule has 7 nitrogen and oxygen atoms in total. The molecule has 0 spiro atoms. The Bertz CT molecular complexity index is 733. The number of rotatable bonds is 6. The van der Waals surface area contributed by atoms with Gasteiger partial charge in [0.15, 0.2) is 6.61 Å². The van der Waals surface area contributed by atoms with Crippen molar-refractivity contribution in [2.45, 2.75) is 38.1 Å². The van der Waals surface area contributed by atoms with Crippen molar-refractivity contribution < 1.29 is 23.9 Å². The van der Waals surface area contributed by atoms with Crippen LogP contribution in [-0.2, 0) is 19.1 Å². The van der Waals surface area contributed by atoms with Crippen molar-refractivity contribution in [2.24, 2.45) is 5.92 Å². The van der Waals surface area contributed by atoms with Crippen LogP contribution in [-0.4, -0.2) is 49.0 Å². The topological polar surface area (TPSA) is 84.9 Å². The van der Waals surface area contributed by atoms with E-state index in [0.29, 0.717) is 23.0 Å². The van der Waals surface area contributed by atoms with Crippen molar-refractivity contribution in [1.29, 1.82) is 0 Å². The molecule has 1 aromatic carbocycles. The number of esters is 1. The average molecular weight is 395 g/mol. The van der Waals surface area contributed by atoms with Gasteiger partial charge in [0.05, 0.1) is 18.1 Å². The lowest BCUT2D eigenvalue weighted by Crippen LogP contribution is -2.35. The van der Waals surface area contributed by atoms with E-state index in [0.717, 1.165) is 25.7 Å². The zero-order valence-electron chi connectivity index (χ0n) is 15.2. The molecule has 1 atom stereocenters. The third kappa shape index (κ3) is 4.71. The molecule has 1 aromatic rings. The Kier molecular flexibility index (Phi) is 6.21. The summed E-state index contributed by atoms with van der Waals surface area (Å²) >= 11 is 6.01. The smallest absolute Gasteiger partial charge is 0.311 e. The second-order valence-corrected chi connectivity index (χ2v) is 7.30. The summed E-state index contributed by atoms with van der Waals surface area (Å²) in [5.74, 6) is -0.977. The molecule has 146 valence electrons. The zero-order valence-corrected chi connectivity index (χ0v) is 16.0. The molecule has 1 aliphatic heterocycles. The van der Waals surface area contributed by atoms with Gasteiger partial charge >= 0.3 is 5.97 Å². The summed E-state index contributed by atoms with van der Waals surface area (Å²) in [6.45, 7) is -0.0192. The van der Waals surface area contributed by atoms with Gasteiger partial charge in [-0.25, -0.2) is 0 Å². The predicted octanol–water partition coefficient (Wildman–Crippen LogP) is 2.62. The highest BCUT2D eigenvalue weighted by Crippen LogP contribution is 2.30. The van der Waals surface area contributed by atoms with E-state index in [9.17, 15) is 14.4 Å². The van der Waals surface area contributed by atoms with Crippen LogP contribution in [0.1, 0.15) is 32.1 Å². The van der Waals surface area contributed by atoms with Gasteiger partial charge in [0.1, 0.15) is 5.75 Å². The number of carbonyl (C=O) groups is 3.